The summed E-state index contributed by atoms with van der Waals surface area (Å²) in [5.74, 6) is -0.779. The highest BCUT2D eigenvalue weighted by molar-refractivity contribution is 9.10. The first-order chi connectivity index (χ1) is 17.6. The molecule has 1 unspecified atom stereocenters. The van der Waals surface area contributed by atoms with Crippen molar-refractivity contribution >= 4 is 43.5 Å². The van der Waals surface area contributed by atoms with Crippen molar-refractivity contribution in [3.63, 3.8) is 0 Å². The number of nitrogens with one attached hydrogen (secondary N) is 1. The summed E-state index contributed by atoms with van der Waals surface area (Å²) in [6.07, 6.45) is 0.758. The third-order valence-corrected chi connectivity index (χ3v) is 8.14. The van der Waals surface area contributed by atoms with Crippen molar-refractivity contribution < 1.29 is 18.0 Å². The highest BCUT2D eigenvalue weighted by atomic mass is 79.9. The Morgan fingerprint density at radius 3 is 2.32 bits per heavy atom. The third kappa shape index (κ3) is 7.42. The molecule has 0 aromatic heterocycles. The highest BCUT2D eigenvalue weighted by Gasteiger charge is 2.32. The zero-order valence-corrected chi connectivity index (χ0v) is 23.6. The average Bonchev–Trinajstić information content (AvgIpc) is 2.88. The second-order valence-electron chi connectivity index (χ2n) is 8.78. The molecule has 3 rings (SSSR count). The average molecular weight is 587 g/mol. The summed E-state index contributed by atoms with van der Waals surface area (Å²) in [5.41, 5.74) is 2.05. The molecule has 1 N–H and O–H groups in total. The van der Waals surface area contributed by atoms with Crippen molar-refractivity contribution in [2.75, 3.05) is 17.4 Å². The molecule has 0 aliphatic heterocycles. The molecule has 2 amide bonds. The predicted molar refractivity (Wildman–Crippen MR) is 150 cm³/mol. The Balaban J connectivity index is 2.01. The first kappa shape index (κ1) is 28.4. The lowest BCUT2D eigenvalue weighted by atomic mass is 10.1. The van der Waals surface area contributed by atoms with Crippen LogP contribution in [0.4, 0.5) is 5.69 Å². The summed E-state index contributed by atoms with van der Waals surface area (Å²) in [5, 5.41) is 2.84. The van der Waals surface area contributed by atoms with Crippen molar-refractivity contribution in [2.45, 2.75) is 44.7 Å². The second kappa shape index (κ2) is 12.9. The standard InChI is InChI=1S/C28H32BrN3O4S/c1-4-16-30-28(34)22(3)31(19-23-11-9-12-24(29)18-23)27(33)20-32(25-13-8-10-21(2)17-25)37(35,36)26-14-6-5-7-15-26/h5-15,17-18,22H,4,16,19-20H2,1-3H3,(H,30,34). The van der Waals surface area contributed by atoms with Crippen LogP contribution in [0, 0.1) is 6.92 Å². The van der Waals surface area contributed by atoms with Crippen LogP contribution in [0.15, 0.2) is 88.2 Å². The van der Waals surface area contributed by atoms with E-state index in [0.717, 1.165) is 26.3 Å². The minimum Gasteiger partial charge on any atom is -0.354 e. The molecular formula is C28H32BrN3O4S. The maximum atomic E-state index is 13.8. The number of aryl methyl sites for hydroxylation is 1. The number of hydrogen-bond acceptors (Lipinski definition) is 4. The van der Waals surface area contributed by atoms with E-state index in [0.29, 0.717) is 12.2 Å². The van der Waals surface area contributed by atoms with E-state index in [2.05, 4.69) is 21.2 Å². The molecule has 0 bridgehead atoms. The van der Waals surface area contributed by atoms with Crippen LogP contribution in [0.3, 0.4) is 0 Å². The maximum absolute atomic E-state index is 13.8. The van der Waals surface area contributed by atoms with Gasteiger partial charge in [0.2, 0.25) is 11.8 Å². The van der Waals surface area contributed by atoms with Crippen LogP contribution in [0.25, 0.3) is 0 Å². The minimum atomic E-state index is -4.06. The number of benzene rings is 3. The van der Waals surface area contributed by atoms with E-state index in [9.17, 15) is 18.0 Å². The number of nitrogens with zero attached hydrogens (tertiary/aromatic N) is 2. The number of rotatable bonds is 11. The molecule has 0 saturated heterocycles. The normalized spacial score (nSPS) is 12.0. The van der Waals surface area contributed by atoms with Crippen molar-refractivity contribution in [1.29, 1.82) is 0 Å². The largest absolute Gasteiger partial charge is 0.354 e. The van der Waals surface area contributed by atoms with Crippen molar-refractivity contribution in [3.8, 4) is 0 Å². The Hall–Kier alpha value is -3.17. The van der Waals surface area contributed by atoms with Gasteiger partial charge in [-0.1, -0.05) is 65.3 Å². The molecule has 0 fully saturated rings. The number of carbonyl (C=O) groups excluding carboxylic acids is 2. The van der Waals surface area contributed by atoms with E-state index in [1.807, 2.05) is 44.2 Å². The monoisotopic (exact) mass is 585 g/mol. The quantitative estimate of drug-likeness (QED) is 0.347. The van der Waals surface area contributed by atoms with Crippen LogP contribution in [-0.4, -0.2) is 44.3 Å². The second-order valence-corrected chi connectivity index (χ2v) is 11.6. The number of carbonyl (C=O) groups is 2. The lowest BCUT2D eigenvalue weighted by Gasteiger charge is -2.32. The van der Waals surface area contributed by atoms with Crippen molar-refractivity contribution in [1.82, 2.24) is 10.2 Å². The summed E-state index contributed by atoms with van der Waals surface area (Å²) < 4.78 is 29.4. The Morgan fingerprint density at radius 2 is 1.68 bits per heavy atom. The summed E-state index contributed by atoms with van der Waals surface area (Å²) in [7, 11) is -4.06. The van der Waals surface area contributed by atoms with E-state index in [1.54, 1.807) is 43.3 Å². The Labute approximate surface area is 227 Å². The molecule has 37 heavy (non-hydrogen) atoms. The molecule has 196 valence electrons. The molecule has 7 nitrogen and oxygen atoms in total. The van der Waals surface area contributed by atoms with Gasteiger partial charge in [-0.15, -0.1) is 0 Å². The van der Waals surface area contributed by atoms with Crippen LogP contribution in [0.1, 0.15) is 31.4 Å². The van der Waals surface area contributed by atoms with Gasteiger partial charge in [-0.2, -0.15) is 0 Å². The first-order valence-corrected chi connectivity index (χ1v) is 14.3. The molecule has 0 radical (unpaired) electrons. The number of sulfonamides is 1. The smallest absolute Gasteiger partial charge is 0.264 e. The first-order valence-electron chi connectivity index (χ1n) is 12.1. The molecule has 1 atom stereocenters. The number of anilines is 1. The third-order valence-electron chi connectivity index (χ3n) is 5.86. The fourth-order valence-corrected chi connectivity index (χ4v) is 5.72. The summed E-state index contributed by atoms with van der Waals surface area (Å²) >= 11 is 3.45. The number of hydrogen-bond donors (Lipinski definition) is 1. The zero-order chi connectivity index (χ0) is 27.0. The van der Waals surface area contributed by atoms with Gasteiger partial charge in [0.05, 0.1) is 10.6 Å². The lowest BCUT2D eigenvalue weighted by molar-refractivity contribution is -0.139. The van der Waals surface area contributed by atoms with Gasteiger partial charge in [0, 0.05) is 17.6 Å². The van der Waals surface area contributed by atoms with Crippen LogP contribution >= 0.6 is 15.9 Å². The zero-order valence-electron chi connectivity index (χ0n) is 21.2. The van der Waals surface area contributed by atoms with Gasteiger partial charge in [0.15, 0.2) is 0 Å². The predicted octanol–water partition coefficient (Wildman–Crippen LogP) is 4.90. The van der Waals surface area contributed by atoms with E-state index in [-0.39, 0.29) is 17.3 Å². The Morgan fingerprint density at radius 1 is 0.973 bits per heavy atom. The van der Waals surface area contributed by atoms with Crippen LogP contribution in [0.5, 0.6) is 0 Å². The molecular weight excluding hydrogens is 554 g/mol. The fourth-order valence-electron chi connectivity index (χ4n) is 3.84. The fraction of sp³-hybridized carbons (Fsp3) is 0.286. The molecule has 0 saturated carbocycles. The van der Waals surface area contributed by atoms with Gasteiger partial charge >= 0.3 is 0 Å². The molecule has 0 heterocycles. The van der Waals surface area contributed by atoms with E-state index >= 15 is 0 Å². The van der Waals surface area contributed by atoms with E-state index in [4.69, 9.17) is 0 Å². The summed E-state index contributed by atoms with van der Waals surface area (Å²) in [4.78, 5) is 28.2. The van der Waals surface area contributed by atoms with Gasteiger partial charge in [0.1, 0.15) is 12.6 Å². The minimum absolute atomic E-state index is 0.0802. The van der Waals surface area contributed by atoms with Gasteiger partial charge in [-0.05, 0) is 67.8 Å². The van der Waals surface area contributed by atoms with Crippen molar-refractivity contribution in [2.24, 2.45) is 0 Å². The molecule has 3 aromatic carbocycles. The molecule has 0 aliphatic rings. The van der Waals surface area contributed by atoms with Crippen LogP contribution < -0.4 is 9.62 Å². The number of amides is 2. The maximum Gasteiger partial charge on any atom is 0.264 e. The van der Waals surface area contributed by atoms with Gasteiger partial charge in [-0.25, -0.2) is 8.42 Å². The lowest BCUT2D eigenvalue weighted by Crippen LogP contribution is -2.51. The Bertz CT molecular complexity index is 1330. The molecule has 0 spiro atoms. The van der Waals surface area contributed by atoms with E-state index in [1.165, 1.54) is 17.0 Å². The highest BCUT2D eigenvalue weighted by Crippen LogP contribution is 2.25. The molecule has 3 aromatic rings. The molecule has 9 heteroatoms. The van der Waals surface area contributed by atoms with Gasteiger partial charge in [-0.3, -0.25) is 13.9 Å². The summed E-state index contributed by atoms with van der Waals surface area (Å²) in [6.45, 7) is 5.64. The van der Waals surface area contributed by atoms with Crippen molar-refractivity contribution in [3.05, 3.63) is 94.5 Å². The van der Waals surface area contributed by atoms with Crippen LogP contribution in [0.2, 0.25) is 0 Å². The Kier molecular flexibility index (Phi) is 9.88. The number of halogens is 1. The topological polar surface area (TPSA) is 86.8 Å². The summed E-state index contributed by atoms with van der Waals surface area (Å²) in [6, 6.07) is 21.7. The SMILES string of the molecule is CCCNC(=O)C(C)N(Cc1cccc(Br)c1)C(=O)CN(c1cccc(C)c1)S(=O)(=O)c1ccccc1. The van der Waals surface area contributed by atoms with Gasteiger partial charge in [0.25, 0.3) is 10.0 Å². The van der Waals surface area contributed by atoms with E-state index < -0.39 is 28.5 Å². The van der Waals surface area contributed by atoms with Gasteiger partial charge < -0.3 is 10.2 Å². The molecule has 0 aliphatic carbocycles. The van der Waals surface area contributed by atoms with Crippen LogP contribution in [-0.2, 0) is 26.2 Å².